The number of aromatic nitrogens is 1. The van der Waals surface area contributed by atoms with Crippen LogP contribution in [-0.4, -0.2) is 31.4 Å². The van der Waals surface area contributed by atoms with Gasteiger partial charge in [-0.15, -0.1) is 0 Å². The molecular formula is C34H32BrClN2O6S. The van der Waals surface area contributed by atoms with E-state index < -0.39 is 12.0 Å². The molecule has 5 rings (SSSR count). The van der Waals surface area contributed by atoms with Gasteiger partial charge in [-0.05, 0) is 77.3 Å². The summed E-state index contributed by atoms with van der Waals surface area (Å²) in [6.45, 7) is 4.26. The van der Waals surface area contributed by atoms with Crippen LogP contribution in [0, 0.1) is 0 Å². The monoisotopic (exact) mass is 710 g/mol. The molecule has 0 amide bonds. The van der Waals surface area contributed by atoms with Crippen LogP contribution in [0.5, 0.6) is 17.2 Å². The first-order chi connectivity index (χ1) is 21.8. The van der Waals surface area contributed by atoms with E-state index >= 15 is 0 Å². The molecule has 2 heterocycles. The Labute approximate surface area is 278 Å². The lowest BCUT2D eigenvalue weighted by Gasteiger charge is -2.27. The lowest BCUT2D eigenvalue weighted by atomic mass is 9.93. The van der Waals surface area contributed by atoms with Crippen LogP contribution in [0.4, 0.5) is 0 Å². The largest absolute Gasteiger partial charge is 0.497 e. The number of allylic oxidation sites excluding steroid dienone is 1. The number of methoxy groups -OCH3 is 2. The highest BCUT2D eigenvalue weighted by atomic mass is 79.9. The van der Waals surface area contributed by atoms with Crippen molar-refractivity contribution >= 4 is 50.9 Å². The molecule has 0 aliphatic carbocycles. The minimum atomic E-state index is -0.832. The number of benzene rings is 3. The Morgan fingerprint density at radius 2 is 1.84 bits per heavy atom. The fourth-order valence-electron chi connectivity index (χ4n) is 5.11. The van der Waals surface area contributed by atoms with Gasteiger partial charge in [-0.25, -0.2) is 9.79 Å². The number of esters is 1. The predicted molar refractivity (Wildman–Crippen MR) is 179 cm³/mol. The van der Waals surface area contributed by atoms with Crippen LogP contribution in [0.25, 0.3) is 6.08 Å². The second-order valence-corrected chi connectivity index (χ2v) is 12.4. The predicted octanol–water partition coefficient (Wildman–Crippen LogP) is 6.59. The van der Waals surface area contributed by atoms with Gasteiger partial charge < -0.3 is 18.9 Å². The number of rotatable bonds is 11. The molecule has 4 aromatic rings. The van der Waals surface area contributed by atoms with Crippen LogP contribution < -0.4 is 29.1 Å². The van der Waals surface area contributed by atoms with E-state index in [0.717, 1.165) is 22.0 Å². The molecule has 0 spiro atoms. The van der Waals surface area contributed by atoms with Gasteiger partial charge >= 0.3 is 5.97 Å². The number of fused-ring (bicyclic) bond motifs is 1. The van der Waals surface area contributed by atoms with Crippen molar-refractivity contribution in [1.29, 1.82) is 0 Å². The summed E-state index contributed by atoms with van der Waals surface area (Å²) in [6, 6.07) is 17.6. The summed E-state index contributed by atoms with van der Waals surface area (Å²) in [5.41, 5.74) is 2.86. The molecule has 8 nitrogen and oxygen atoms in total. The topological polar surface area (TPSA) is 88.4 Å². The fourth-order valence-corrected chi connectivity index (χ4v) is 6.84. The van der Waals surface area contributed by atoms with E-state index in [4.69, 9.17) is 35.5 Å². The maximum atomic E-state index is 14.2. The van der Waals surface area contributed by atoms with Gasteiger partial charge in [-0.3, -0.25) is 9.36 Å². The van der Waals surface area contributed by atoms with E-state index in [1.807, 2.05) is 49.4 Å². The molecule has 45 heavy (non-hydrogen) atoms. The molecule has 0 bridgehead atoms. The molecule has 1 aliphatic rings. The highest BCUT2D eigenvalue weighted by molar-refractivity contribution is 9.10. The Kier molecular flexibility index (Phi) is 10.5. The molecule has 234 valence electrons. The van der Waals surface area contributed by atoms with E-state index in [2.05, 4.69) is 15.9 Å². The van der Waals surface area contributed by atoms with Crippen LogP contribution in [-0.2, 0) is 16.1 Å². The second kappa shape index (κ2) is 14.5. The average Bonchev–Trinajstić information content (AvgIpc) is 3.34. The Morgan fingerprint density at radius 1 is 1.07 bits per heavy atom. The number of hydrogen-bond acceptors (Lipinski definition) is 8. The zero-order valence-corrected chi connectivity index (χ0v) is 28.4. The summed E-state index contributed by atoms with van der Waals surface area (Å²) in [7, 11) is 3.11. The molecule has 3 aromatic carbocycles. The normalized spacial score (nSPS) is 14.5. The van der Waals surface area contributed by atoms with Crippen molar-refractivity contribution in [1.82, 2.24) is 4.57 Å². The Morgan fingerprint density at radius 3 is 2.53 bits per heavy atom. The van der Waals surface area contributed by atoms with Gasteiger partial charge in [0.2, 0.25) is 0 Å². The molecule has 1 aromatic heterocycles. The molecule has 0 fully saturated rings. The molecule has 0 N–H and O–H groups in total. The van der Waals surface area contributed by atoms with E-state index in [9.17, 15) is 9.59 Å². The Balaban J connectivity index is 1.62. The fraction of sp³-hybridized carbons (Fsp3) is 0.265. The molecule has 0 unspecified atom stereocenters. The number of thiazole rings is 1. The van der Waals surface area contributed by atoms with E-state index in [1.165, 1.54) is 11.3 Å². The van der Waals surface area contributed by atoms with Crippen molar-refractivity contribution in [2.75, 3.05) is 20.8 Å². The first-order valence-corrected chi connectivity index (χ1v) is 16.4. The average molecular weight is 712 g/mol. The number of ether oxygens (including phenoxy) is 4. The van der Waals surface area contributed by atoms with E-state index in [-0.39, 0.29) is 12.2 Å². The number of hydrogen-bond donors (Lipinski definition) is 0. The maximum Gasteiger partial charge on any atom is 0.338 e. The van der Waals surface area contributed by atoms with Crippen molar-refractivity contribution in [2.24, 2.45) is 4.99 Å². The van der Waals surface area contributed by atoms with Crippen molar-refractivity contribution in [2.45, 2.75) is 39.3 Å². The van der Waals surface area contributed by atoms with Crippen molar-refractivity contribution in [3.63, 3.8) is 0 Å². The summed E-state index contributed by atoms with van der Waals surface area (Å²) in [6.07, 6.45) is 3.09. The molecular weight excluding hydrogens is 680 g/mol. The maximum absolute atomic E-state index is 14.2. The number of carbonyl (C=O) groups is 1. The third-order valence-corrected chi connectivity index (χ3v) is 9.19. The van der Waals surface area contributed by atoms with E-state index in [1.54, 1.807) is 50.0 Å². The zero-order chi connectivity index (χ0) is 32.1. The zero-order valence-electron chi connectivity index (χ0n) is 25.3. The SMILES string of the molecule is CCCC1=C(C(=O)OCC)[C@@H](c2cc(OC)ccc2OC)n2c(s/c(=C\c3ccc(OCc4ccccc4Cl)c(Br)c3)c2=O)=N1. The number of carbonyl (C=O) groups excluding carboxylic acids is 1. The number of nitrogens with zero attached hydrogens (tertiary/aromatic N) is 2. The highest BCUT2D eigenvalue weighted by Gasteiger charge is 2.36. The summed E-state index contributed by atoms with van der Waals surface area (Å²) in [5.74, 6) is 1.19. The lowest BCUT2D eigenvalue weighted by molar-refractivity contribution is -0.139. The third-order valence-electron chi connectivity index (χ3n) is 7.22. The van der Waals surface area contributed by atoms with Gasteiger partial charge in [0.05, 0.1) is 41.1 Å². The first kappa shape index (κ1) is 32.5. The van der Waals surface area contributed by atoms with Gasteiger partial charge in [0, 0.05) is 16.1 Å². The highest BCUT2D eigenvalue weighted by Crippen LogP contribution is 2.39. The summed E-state index contributed by atoms with van der Waals surface area (Å²) in [5, 5.41) is 0.638. The lowest BCUT2D eigenvalue weighted by Crippen LogP contribution is -2.40. The molecule has 0 saturated carbocycles. The summed E-state index contributed by atoms with van der Waals surface area (Å²) in [4.78, 5) is 33.0. The van der Waals surface area contributed by atoms with Crippen molar-refractivity contribution < 1.29 is 23.7 Å². The van der Waals surface area contributed by atoms with Crippen molar-refractivity contribution in [3.8, 4) is 17.2 Å². The van der Waals surface area contributed by atoms with Gasteiger partial charge in [0.25, 0.3) is 5.56 Å². The standard InChI is InChI=1S/C34H32BrClN2O6S/c1-5-9-26-30(33(40)43-6-2)31(23-18-22(41-3)13-15-27(23)42-4)38-32(39)29(45-34(38)37-26)17-20-12-14-28(24(35)16-20)44-19-21-10-7-8-11-25(21)36/h7-8,10-18,31H,5-6,9,19H2,1-4H3/b29-17-/t31-/m1/s1. The van der Waals surface area contributed by atoms with Crippen LogP contribution in [0.2, 0.25) is 5.02 Å². The Bertz CT molecular complexity index is 1950. The Hall–Kier alpha value is -3.86. The number of halogens is 2. The summed E-state index contributed by atoms with van der Waals surface area (Å²) >= 11 is 11.1. The summed E-state index contributed by atoms with van der Waals surface area (Å²) < 4.78 is 25.5. The quantitative estimate of drug-likeness (QED) is 0.163. The van der Waals surface area contributed by atoms with Crippen LogP contribution >= 0.6 is 38.9 Å². The van der Waals surface area contributed by atoms with Gasteiger partial charge in [-0.1, -0.05) is 60.5 Å². The molecule has 1 atom stereocenters. The smallest absolute Gasteiger partial charge is 0.338 e. The van der Waals surface area contributed by atoms with E-state index in [0.29, 0.717) is 61.5 Å². The van der Waals surface area contributed by atoms with Gasteiger partial charge in [-0.2, -0.15) is 0 Å². The molecule has 1 aliphatic heterocycles. The third kappa shape index (κ3) is 6.88. The first-order valence-electron chi connectivity index (χ1n) is 14.4. The van der Waals surface area contributed by atoms with Crippen LogP contribution in [0.3, 0.4) is 0 Å². The van der Waals surface area contributed by atoms with Crippen LogP contribution in [0.1, 0.15) is 49.4 Å². The van der Waals surface area contributed by atoms with Crippen LogP contribution in [0.15, 0.2) is 86.2 Å². The van der Waals surface area contributed by atoms with Gasteiger partial charge in [0.1, 0.15) is 29.9 Å². The molecule has 0 radical (unpaired) electrons. The van der Waals surface area contributed by atoms with Gasteiger partial charge in [0.15, 0.2) is 4.80 Å². The second-order valence-electron chi connectivity index (χ2n) is 10.1. The minimum absolute atomic E-state index is 0.182. The van der Waals surface area contributed by atoms with Crippen molar-refractivity contribution in [3.05, 3.63) is 118 Å². The molecule has 0 saturated heterocycles. The molecule has 11 heteroatoms. The minimum Gasteiger partial charge on any atom is -0.497 e.